The number of hydrogen-bond donors (Lipinski definition) is 6. The predicted molar refractivity (Wildman–Crippen MR) is 251 cm³/mol. The Kier molecular flexibility index (Phi) is 19.3. The highest BCUT2D eigenvalue weighted by molar-refractivity contribution is 7.99. The van der Waals surface area contributed by atoms with Crippen molar-refractivity contribution < 1.29 is 53.2 Å². The molecular formula is C38H44ClN9O12S5. The molecule has 2 amide bonds. The zero-order valence-electron chi connectivity index (χ0n) is 34.8. The fraction of sp³-hybridized carbons (Fsp3) is 0.316. The molecule has 0 aliphatic heterocycles. The minimum Gasteiger partial charge on any atom is -0.491 e. The number of azo groups is 3. The number of benzene rings is 4. The molecule has 0 saturated heterocycles. The highest BCUT2D eigenvalue weighted by atomic mass is 35.5. The molecule has 4 rings (SSSR count). The van der Waals surface area contributed by atoms with Gasteiger partial charge in [0.05, 0.1) is 52.3 Å². The summed E-state index contributed by atoms with van der Waals surface area (Å²) in [4.78, 5) is 25.6. The van der Waals surface area contributed by atoms with E-state index in [9.17, 15) is 43.9 Å². The Morgan fingerprint density at radius 2 is 1.06 bits per heavy atom. The highest BCUT2D eigenvalue weighted by Crippen LogP contribution is 2.44. The zero-order chi connectivity index (χ0) is 48.0. The number of ether oxygens (including phenoxy) is 1. The van der Waals surface area contributed by atoms with Gasteiger partial charge in [-0.3, -0.25) is 23.2 Å². The molecule has 4 aromatic rings. The van der Waals surface area contributed by atoms with E-state index >= 15 is 0 Å². The number of rotatable bonds is 23. The van der Waals surface area contributed by atoms with Crippen molar-refractivity contribution >= 4 is 128 Å². The van der Waals surface area contributed by atoms with Gasteiger partial charge < -0.3 is 21.1 Å². The van der Waals surface area contributed by atoms with E-state index in [-0.39, 0.29) is 82.9 Å². The summed E-state index contributed by atoms with van der Waals surface area (Å²) >= 11 is 8.30. The monoisotopic (exact) mass is 1010 g/mol. The van der Waals surface area contributed by atoms with Crippen molar-refractivity contribution in [2.45, 2.75) is 49.8 Å². The molecule has 0 fully saturated rings. The maximum atomic E-state index is 12.5. The lowest BCUT2D eigenvalue weighted by Gasteiger charge is -2.13. The van der Waals surface area contributed by atoms with Crippen LogP contribution in [0.15, 0.2) is 101 Å². The number of carbonyl (C=O) groups is 2. The number of halogens is 1. The molecule has 0 bridgehead atoms. The summed E-state index contributed by atoms with van der Waals surface area (Å²) < 4.78 is 101. The Balaban J connectivity index is 1.82. The van der Waals surface area contributed by atoms with Crippen LogP contribution in [-0.4, -0.2) is 86.1 Å². The molecule has 7 N–H and O–H groups in total. The van der Waals surface area contributed by atoms with Gasteiger partial charge in [-0.2, -0.15) is 35.5 Å². The van der Waals surface area contributed by atoms with Gasteiger partial charge in [0.1, 0.15) is 28.5 Å². The third kappa shape index (κ3) is 19.1. The molecule has 0 aliphatic rings. The molecule has 21 nitrogen and oxygen atoms in total. The molecule has 0 heterocycles. The average molecular weight is 1010 g/mol. The first-order valence-corrected chi connectivity index (χ1v) is 26.2. The van der Waals surface area contributed by atoms with Crippen molar-refractivity contribution in [3.63, 3.8) is 0 Å². The third-order valence-electron chi connectivity index (χ3n) is 8.15. The Bertz CT molecular complexity index is 2810. The summed E-state index contributed by atoms with van der Waals surface area (Å²) in [6.07, 6.45) is 0.0652. The summed E-state index contributed by atoms with van der Waals surface area (Å²) in [5.74, 6) is -1.99. The van der Waals surface area contributed by atoms with Crippen LogP contribution in [0.4, 0.5) is 51.2 Å². The van der Waals surface area contributed by atoms with Gasteiger partial charge in [0, 0.05) is 34.7 Å². The molecule has 0 radical (unpaired) electrons. The van der Waals surface area contributed by atoms with E-state index in [1.807, 2.05) is 0 Å². The van der Waals surface area contributed by atoms with Gasteiger partial charge in [0.2, 0.25) is 11.8 Å². The molecule has 0 aliphatic carbocycles. The van der Waals surface area contributed by atoms with E-state index in [0.717, 1.165) is 23.5 Å². The molecule has 0 spiro atoms. The van der Waals surface area contributed by atoms with Crippen molar-refractivity contribution in [2.75, 3.05) is 51.7 Å². The molecule has 27 heteroatoms. The standard InChI is InChI=1S/C38H44ClN9O12S5/c1-23-17-28(40)36(60-11-4-14-63(51,52)53)20-29(23)44-47-34-19-31(42-25(3)50)33(22-38(34)62-13-6-16-65(57,58)59)46-48-35-18-30(41-24(2)49)32(45-43-27-9-7-26(39)8-10-27)21-37(35)61-12-5-15-64(54,55)56/h7-10,17-22H,4-6,11-16,40H2,1-3H3,(H,41,49)(H,42,50)(H,51,52,53)(H,54,55,56)(H,57,58,59). The quantitative estimate of drug-likeness (QED) is 0.0132. The third-order valence-corrected chi connectivity index (χ3v) is 13.1. The van der Waals surface area contributed by atoms with Crippen LogP contribution in [0.1, 0.15) is 38.7 Å². The van der Waals surface area contributed by atoms with Gasteiger partial charge in [-0.15, -0.1) is 44.0 Å². The van der Waals surface area contributed by atoms with Crippen LogP contribution in [0.3, 0.4) is 0 Å². The number of aryl methyl sites for hydroxylation is 1. The van der Waals surface area contributed by atoms with Gasteiger partial charge in [-0.1, -0.05) is 11.6 Å². The van der Waals surface area contributed by atoms with Crippen LogP contribution < -0.4 is 21.1 Å². The Labute approximate surface area is 388 Å². The maximum absolute atomic E-state index is 12.5. The number of carbonyl (C=O) groups excluding carboxylic acids is 2. The number of anilines is 3. The SMILES string of the molecule is CC(=O)Nc1cc(N=Nc2cc(SCCCS(=O)(=O)O)c(N=Nc3cc(OCCCS(=O)(=O)O)c(N)cc3C)cc2NC(C)=O)c(SCCCS(=O)(=O)O)cc1N=Nc1ccc(Cl)cc1. The Hall–Kier alpha value is -5.06. The molecular weight excluding hydrogens is 970 g/mol. The molecule has 350 valence electrons. The number of thioether (sulfide) groups is 2. The lowest BCUT2D eigenvalue weighted by Crippen LogP contribution is -2.09. The smallest absolute Gasteiger partial charge is 0.264 e. The number of nitrogens with two attached hydrogens (primary N) is 1. The fourth-order valence-corrected chi connectivity index (χ4v) is 9.18. The van der Waals surface area contributed by atoms with E-state index in [0.29, 0.717) is 31.8 Å². The van der Waals surface area contributed by atoms with E-state index < -0.39 is 59.4 Å². The fourth-order valence-electron chi connectivity index (χ4n) is 5.29. The molecule has 4 aromatic carbocycles. The molecule has 0 saturated carbocycles. The minimum absolute atomic E-state index is 0.0209. The van der Waals surface area contributed by atoms with E-state index in [1.165, 1.54) is 38.1 Å². The van der Waals surface area contributed by atoms with Crippen LogP contribution in [0, 0.1) is 6.92 Å². The van der Waals surface area contributed by atoms with Gasteiger partial charge in [0.25, 0.3) is 30.4 Å². The summed E-state index contributed by atoms with van der Waals surface area (Å²) in [6, 6.07) is 15.5. The Morgan fingerprint density at radius 3 is 1.52 bits per heavy atom. The zero-order valence-corrected chi connectivity index (χ0v) is 39.7. The maximum Gasteiger partial charge on any atom is 0.264 e. The van der Waals surface area contributed by atoms with Crippen LogP contribution in [0.2, 0.25) is 5.02 Å². The lowest BCUT2D eigenvalue weighted by atomic mass is 10.1. The number of hydrogen-bond acceptors (Lipinski definition) is 18. The van der Waals surface area contributed by atoms with E-state index in [4.69, 9.17) is 26.6 Å². The van der Waals surface area contributed by atoms with Gasteiger partial charge in [-0.05, 0) is 97.9 Å². The summed E-state index contributed by atoms with van der Waals surface area (Å²) in [6.45, 7) is 4.16. The molecule has 65 heavy (non-hydrogen) atoms. The second kappa shape index (κ2) is 23.9. The van der Waals surface area contributed by atoms with Crippen molar-refractivity contribution in [1.29, 1.82) is 0 Å². The summed E-state index contributed by atoms with van der Waals surface area (Å²) in [5.41, 5.74) is 8.63. The average Bonchev–Trinajstić information content (AvgIpc) is 3.19. The normalized spacial score (nSPS) is 12.4. The van der Waals surface area contributed by atoms with Crippen molar-refractivity contribution in [3.05, 3.63) is 71.2 Å². The van der Waals surface area contributed by atoms with Gasteiger partial charge in [-0.25, -0.2) is 0 Å². The van der Waals surface area contributed by atoms with E-state index in [2.05, 4.69) is 41.3 Å². The van der Waals surface area contributed by atoms with Crippen LogP contribution in [0.25, 0.3) is 0 Å². The van der Waals surface area contributed by atoms with Crippen molar-refractivity contribution in [3.8, 4) is 5.75 Å². The second-order valence-corrected chi connectivity index (χ2v) is 21.2. The molecule has 0 unspecified atom stereocenters. The largest absolute Gasteiger partial charge is 0.491 e. The number of nitrogens with one attached hydrogen (secondary N) is 2. The molecule has 0 aromatic heterocycles. The van der Waals surface area contributed by atoms with Crippen molar-refractivity contribution in [1.82, 2.24) is 0 Å². The van der Waals surface area contributed by atoms with E-state index in [1.54, 1.807) is 43.3 Å². The second-order valence-electron chi connectivity index (χ2n) is 13.8. The van der Waals surface area contributed by atoms with Gasteiger partial charge >= 0.3 is 0 Å². The number of nitrogen functional groups attached to an aromatic ring is 1. The lowest BCUT2D eigenvalue weighted by molar-refractivity contribution is -0.115. The van der Waals surface area contributed by atoms with Crippen LogP contribution in [-0.2, 0) is 39.9 Å². The van der Waals surface area contributed by atoms with Crippen LogP contribution in [0.5, 0.6) is 5.75 Å². The number of amides is 2. The first-order valence-electron chi connectivity index (χ1n) is 19.0. The highest BCUT2D eigenvalue weighted by Gasteiger charge is 2.17. The minimum atomic E-state index is -4.27. The number of nitrogens with zero attached hydrogens (tertiary/aromatic N) is 6. The Morgan fingerprint density at radius 1 is 0.631 bits per heavy atom. The summed E-state index contributed by atoms with van der Waals surface area (Å²) in [7, 11) is -12.7. The topological polar surface area (TPSA) is 331 Å². The first kappa shape index (κ1) is 52.6. The van der Waals surface area contributed by atoms with Crippen molar-refractivity contribution in [2.24, 2.45) is 30.7 Å². The summed E-state index contributed by atoms with van der Waals surface area (Å²) in [5, 5.41) is 32.2. The first-order chi connectivity index (χ1) is 30.4. The van der Waals surface area contributed by atoms with Gasteiger partial charge in [0.15, 0.2) is 0 Å². The van der Waals surface area contributed by atoms with Crippen LogP contribution >= 0.6 is 35.1 Å². The molecule has 0 atom stereocenters. The predicted octanol–water partition coefficient (Wildman–Crippen LogP) is 9.79.